The minimum Gasteiger partial charge on any atom is -0.336 e. The van der Waals surface area contributed by atoms with Crippen molar-refractivity contribution in [3.63, 3.8) is 0 Å². The Bertz CT molecular complexity index is 417. The quantitative estimate of drug-likeness (QED) is 0.895. The van der Waals surface area contributed by atoms with Gasteiger partial charge >= 0.3 is 0 Å². The zero-order valence-corrected chi connectivity index (χ0v) is 11.9. The van der Waals surface area contributed by atoms with Crippen molar-refractivity contribution >= 4 is 5.91 Å². The fourth-order valence-electron chi connectivity index (χ4n) is 2.92. The van der Waals surface area contributed by atoms with Crippen molar-refractivity contribution in [1.29, 1.82) is 0 Å². The summed E-state index contributed by atoms with van der Waals surface area (Å²) in [5.41, 5.74) is 0.795. The molecule has 0 spiro atoms. The van der Waals surface area contributed by atoms with E-state index in [1.54, 1.807) is 6.20 Å². The Kier molecular flexibility index (Phi) is 4.53. The van der Waals surface area contributed by atoms with E-state index in [0.717, 1.165) is 31.6 Å². The number of hydrogen-bond acceptors (Lipinski definition) is 3. The molecule has 1 N–H and O–H groups in total. The minimum absolute atomic E-state index is 0.0567. The summed E-state index contributed by atoms with van der Waals surface area (Å²) in [5.74, 6) is 0.191. The Morgan fingerprint density at radius 1 is 1.47 bits per heavy atom. The molecule has 0 aliphatic carbocycles. The Hall–Kier alpha value is -1.42. The zero-order valence-electron chi connectivity index (χ0n) is 11.9. The molecule has 0 bridgehead atoms. The van der Waals surface area contributed by atoms with Crippen molar-refractivity contribution in [1.82, 2.24) is 15.2 Å². The van der Waals surface area contributed by atoms with E-state index < -0.39 is 0 Å². The second-order valence-electron chi connectivity index (χ2n) is 5.53. The van der Waals surface area contributed by atoms with Crippen molar-refractivity contribution in [2.45, 2.75) is 38.1 Å². The van der Waals surface area contributed by atoms with Gasteiger partial charge in [0.1, 0.15) is 0 Å². The molecule has 4 heteroatoms. The Morgan fingerprint density at radius 3 is 3.00 bits per heavy atom. The van der Waals surface area contributed by atoms with Crippen LogP contribution in [0.4, 0.5) is 0 Å². The molecule has 2 rings (SSSR count). The van der Waals surface area contributed by atoms with E-state index >= 15 is 0 Å². The smallest absolute Gasteiger partial charge is 0.229 e. The third kappa shape index (κ3) is 3.32. The van der Waals surface area contributed by atoms with Crippen LogP contribution in [0, 0.1) is 0 Å². The van der Waals surface area contributed by atoms with E-state index in [0.29, 0.717) is 6.42 Å². The number of nitrogens with one attached hydrogen (secondary N) is 1. The summed E-state index contributed by atoms with van der Waals surface area (Å²) in [6.45, 7) is 3.89. The van der Waals surface area contributed by atoms with Crippen LogP contribution < -0.4 is 5.32 Å². The molecule has 19 heavy (non-hydrogen) atoms. The molecular weight excluding hydrogens is 238 g/mol. The standard InChI is InChI=1S/C15H23N3O/c1-15(12-16-2)8-4-6-10-18(15)14(19)11-13-7-3-5-9-17-13/h3,5,7,9,16H,4,6,8,10-12H2,1-2H3. The molecule has 1 saturated heterocycles. The fourth-order valence-corrected chi connectivity index (χ4v) is 2.92. The number of piperidine rings is 1. The number of aromatic nitrogens is 1. The van der Waals surface area contributed by atoms with Crippen LogP contribution >= 0.6 is 0 Å². The van der Waals surface area contributed by atoms with E-state index in [4.69, 9.17) is 0 Å². The van der Waals surface area contributed by atoms with Crippen LogP contribution in [0.1, 0.15) is 31.9 Å². The maximum Gasteiger partial charge on any atom is 0.229 e. The van der Waals surface area contributed by atoms with Crippen molar-refractivity contribution in [3.8, 4) is 0 Å². The normalized spacial score (nSPS) is 23.4. The number of likely N-dealkylation sites (tertiary alicyclic amines) is 1. The van der Waals surface area contributed by atoms with E-state index in [1.807, 2.05) is 30.1 Å². The summed E-state index contributed by atoms with van der Waals surface area (Å²) >= 11 is 0. The van der Waals surface area contributed by atoms with Crippen LogP contribution in [0.2, 0.25) is 0 Å². The van der Waals surface area contributed by atoms with Gasteiger partial charge in [-0.25, -0.2) is 0 Å². The van der Waals surface area contributed by atoms with Crippen molar-refractivity contribution in [2.75, 3.05) is 20.1 Å². The molecule has 4 nitrogen and oxygen atoms in total. The Balaban J connectivity index is 2.07. The summed E-state index contributed by atoms with van der Waals surface area (Å²) in [6.07, 6.45) is 5.52. The first kappa shape index (κ1) is 14.0. The van der Waals surface area contributed by atoms with Crippen LogP contribution in [-0.4, -0.2) is 41.5 Å². The van der Waals surface area contributed by atoms with E-state index in [9.17, 15) is 4.79 Å². The van der Waals surface area contributed by atoms with Crippen LogP contribution in [-0.2, 0) is 11.2 Å². The molecule has 104 valence electrons. The molecule has 1 aliphatic heterocycles. The highest BCUT2D eigenvalue weighted by atomic mass is 16.2. The van der Waals surface area contributed by atoms with Gasteiger partial charge in [-0.1, -0.05) is 6.07 Å². The molecule has 0 saturated carbocycles. The lowest BCUT2D eigenvalue weighted by molar-refractivity contribution is -0.138. The molecule has 1 aromatic rings. The monoisotopic (exact) mass is 261 g/mol. The summed E-state index contributed by atoms with van der Waals surface area (Å²) in [7, 11) is 1.95. The topological polar surface area (TPSA) is 45.2 Å². The first-order chi connectivity index (χ1) is 9.15. The average Bonchev–Trinajstić information content (AvgIpc) is 2.40. The van der Waals surface area contributed by atoms with E-state index in [2.05, 4.69) is 17.2 Å². The fraction of sp³-hybridized carbons (Fsp3) is 0.600. The van der Waals surface area contributed by atoms with Crippen LogP contribution in [0.15, 0.2) is 24.4 Å². The van der Waals surface area contributed by atoms with Crippen LogP contribution in [0.5, 0.6) is 0 Å². The van der Waals surface area contributed by atoms with Gasteiger partial charge in [0.2, 0.25) is 5.91 Å². The second kappa shape index (κ2) is 6.15. The predicted octanol–water partition coefficient (Wildman–Crippen LogP) is 1.61. The lowest BCUT2D eigenvalue weighted by atomic mass is 9.88. The summed E-state index contributed by atoms with van der Waals surface area (Å²) < 4.78 is 0. The number of rotatable bonds is 4. The highest BCUT2D eigenvalue weighted by molar-refractivity contribution is 5.79. The van der Waals surface area contributed by atoms with Gasteiger partial charge in [0.15, 0.2) is 0 Å². The molecule has 1 atom stereocenters. The SMILES string of the molecule is CNCC1(C)CCCCN1C(=O)Cc1ccccn1. The number of likely N-dealkylation sites (N-methyl/N-ethyl adjacent to an activating group) is 1. The minimum atomic E-state index is -0.0567. The molecule has 1 unspecified atom stereocenters. The average molecular weight is 261 g/mol. The third-order valence-electron chi connectivity index (χ3n) is 3.92. The number of carbonyl (C=O) groups excluding carboxylic acids is 1. The van der Waals surface area contributed by atoms with Crippen LogP contribution in [0.25, 0.3) is 0 Å². The summed E-state index contributed by atoms with van der Waals surface area (Å²) in [6, 6.07) is 5.72. The molecular formula is C15H23N3O. The number of amides is 1. The zero-order chi connectivity index (χ0) is 13.7. The molecule has 1 aromatic heterocycles. The maximum absolute atomic E-state index is 12.5. The van der Waals surface area contributed by atoms with Crippen molar-refractivity contribution in [2.24, 2.45) is 0 Å². The van der Waals surface area contributed by atoms with Gasteiger partial charge < -0.3 is 10.2 Å². The molecule has 1 aliphatic rings. The van der Waals surface area contributed by atoms with Crippen molar-refractivity contribution < 1.29 is 4.79 Å². The highest BCUT2D eigenvalue weighted by Gasteiger charge is 2.36. The number of pyridine rings is 1. The molecule has 2 heterocycles. The highest BCUT2D eigenvalue weighted by Crippen LogP contribution is 2.27. The summed E-state index contributed by atoms with van der Waals surface area (Å²) in [4.78, 5) is 18.8. The van der Waals surface area contributed by atoms with Gasteiger partial charge in [-0.3, -0.25) is 9.78 Å². The maximum atomic E-state index is 12.5. The molecule has 1 amide bonds. The number of nitrogens with zero attached hydrogens (tertiary/aromatic N) is 2. The summed E-state index contributed by atoms with van der Waals surface area (Å²) in [5, 5.41) is 3.22. The molecule has 0 aromatic carbocycles. The lowest BCUT2D eigenvalue weighted by Crippen LogP contribution is -2.57. The van der Waals surface area contributed by atoms with Gasteiger partial charge in [0.05, 0.1) is 12.0 Å². The first-order valence-electron chi connectivity index (χ1n) is 7.01. The number of carbonyl (C=O) groups is 1. The second-order valence-corrected chi connectivity index (χ2v) is 5.53. The van der Waals surface area contributed by atoms with E-state index in [1.165, 1.54) is 6.42 Å². The third-order valence-corrected chi connectivity index (χ3v) is 3.92. The Morgan fingerprint density at radius 2 is 2.32 bits per heavy atom. The van der Waals surface area contributed by atoms with E-state index in [-0.39, 0.29) is 11.4 Å². The Labute approximate surface area is 115 Å². The van der Waals surface area contributed by atoms with Gasteiger partial charge in [0.25, 0.3) is 0 Å². The first-order valence-corrected chi connectivity index (χ1v) is 7.01. The van der Waals surface area contributed by atoms with Crippen LogP contribution in [0.3, 0.4) is 0 Å². The van der Waals surface area contributed by atoms with Crippen molar-refractivity contribution in [3.05, 3.63) is 30.1 Å². The molecule has 0 radical (unpaired) electrons. The largest absolute Gasteiger partial charge is 0.336 e. The van der Waals surface area contributed by atoms with Gasteiger partial charge in [-0.2, -0.15) is 0 Å². The predicted molar refractivity (Wildman–Crippen MR) is 75.8 cm³/mol. The molecule has 1 fully saturated rings. The number of hydrogen-bond donors (Lipinski definition) is 1. The lowest BCUT2D eigenvalue weighted by Gasteiger charge is -2.45. The van der Waals surface area contributed by atoms with Gasteiger partial charge in [0, 0.05) is 25.0 Å². The van der Waals surface area contributed by atoms with Gasteiger partial charge in [-0.15, -0.1) is 0 Å². The van der Waals surface area contributed by atoms with Gasteiger partial charge in [-0.05, 0) is 45.4 Å².